The highest BCUT2D eigenvalue weighted by molar-refractivity contribution is 7.07. The lowest BCUT2D eigenvalue weighted by molar-refractivity contribution is -0.137. The van der Waals surface area contributed by atoms with E-state index in [1.54, 1.807) is 17.4 Å². The molecule has 0 radical (unpaired) electrons. The van der Waals surface area contributed by atoms with Crippen LogP contribution in [0.15, 0.2) is 41.1 Å². The quantitative estimate of drug-likeness (QED) is 0.821. The molecule has 1 N–H and O–H groups in total. The Morgan fingerprint density at radius 1 is 1.25 bits per heavy atom. The molecule has 0 bridgehead atoms. The van der Waals surface area contributed by atoms with Gasteiger partial charge in [0.2, 0.25) is 0 Å². The SMILES string of the molecule is FC(F)(F)c1cccc(OCCC2CNCCC2c2ccsc2)c1. The lowest BCUT2D eigenvalue weighted by Gasteiger charge is -2.32. The summed E-state index contributed by atoms with van der Waals surface area (Å²) in [6.07, 6.45) is -2.43. The zero-order valence-electron chi connectivity index (χ0n) is 13.2. The molecule has 1 aliphatic rings. The van der Waals surface area contributed by atoms with Crippen LogP contribution in [0.5, 0.6) is 5.75 Å². The number of halogens is 3. The van der Waals surface area contributed by atoms with Crippen LogP contribution in [0.2, 0.25) is 0 Å². The van der Waals surface area contributed by atoms with Gasteiger partial charge in [0.25, 0.3) is 0 Å². The Kier molecular flexibility index (Phi) is 5.46. The maximum atomic E-state index is 12.7. The third-order valence-electron chi connectivity index (χ3n) is 4.50. The van der Waals surface area contributed by atoms with Crippen molar-refractivity contribution in [2.75, 3.05) is 19.7 Å². The summed E-state index contributed by atoms with van der Waals surface area (Å²) >= 11 is 1.70. The third-order valence-corrected chi connectivity index (χ3v) is 5.20. The van der Waals surface area contributed by atoms with Crippen LogP contribution in [0.1, 0.15) is 29.9 Å². The van der Waals surface area contributed by atoms with Crippen LogP contribution in [0, 0.1) is 5.92 Å². The van der Waals surface area contributed by atoms with Gasteiger partial charge in [0, 0.05) is 0 Å². The molecule has 3 rings (SSSR count). The Labute approximate surface area is 143 Å². The van der Waals surface area contributed by atoms with Crippen molar-refractivity contribution in [1.82, 2.24) is 5.32 Å². The van der Waals surface area contributed by atoms with E-state index in [2.05, 4.69) is 22.1 Å². The van der Waals surface area contributed by atoms with E-state index in [9.17, 15) is 13.2 Å². The average Bonchev–Trinajstić information content (AvgIpc) is 3.09. The summed E-state index contributed by atoms with van der Waals surface area (Å²) in [7, 11) is 0. The second-order valence-electron chi connectivity index (χ2n) is 6.08. The van der Waals surface area contributed by atoms with Crippen LogP contribution in [0.25, 0.3) is 0 Å². The van der Waals surface area contributed by atoms with Crippen LogP contribution in [0.3, 0.4) is 0 Å². The molecule has 2 heterocycles. The van der Waals surface area contributed by atoms with Crippen molar-refractivity contribution < 1.29 is 17.9 Å². The maximum Gasteiger partial charge on any atom is 0.416 e. The molecule has 1 fully saturated rings. The van der Waals surface area contributed by atoms with Crippen LogP contribution in [-0.4, -0.2) is 19.7 Å². The number of rotatable bonds is 5. The molecule has 24 heavy (non-hydrogen) atoms. The second-order valence-corrected chi connectivity index (χ2v) is 6.86. The molecule has 0 amide bonds. The van der Waals surface area contributed by atoms with Crippen molar-refractivity contribution in [3.8, 4) is 5.75 Å². The summed E-state index contributed by atoms with van der Waals surface area (Å²) in [5.41, 5.74) is 0.695. The molecule has 0 aliphatic carbocycles. The number of hydrogen-bond donors (Lipinski definition) is 1. The summed E-state index contributed by atoms with van der Waals surface area (Å²) in [6, 6.07) is 7.25. The minimum Gasteiger partial charge on any atom is -0.494 e. The Balaban J connectivity index is 1.57. The van der Waals surface area contributed by atoms with Gasteiger partial charge in [-0.2, -0.15) is 24.5 Å². The summed E-state index contributed by atoms with van der Waals surface area (Å²) < 4.78 is 43.8. The smallest absolute Gasteiger partial charge is 0.416 e. The molecule has 1 aliphatic heterocycles. The van der Waals surface area contributed by atoms with Gasteiger partial charge in [-0.15, -0.1) is 0 Å². The van der Waals surface area contributed by atoms with Crippen LogP contribution < -0.4 is 10.1 Å². The van der Waals surface area contributed by atoms with Crippen molar-refractivity contribution in [1.29, 1.82) is 0 Å². The molecule has 1 aromatic heterocycles. The summed E-state index contributed by atoms with van der Waals surface area (Å²) in [6.45, 7) is 2.35. The fourth-order valence-corrected chi connectivity index (χ4v) is 3.97. The molecule has 2 aromatic rings. The zero-order chi connectivity index (χ0) is 17.0. The van der Waals surface area contributed by atoms with Gasteiger partial charge in [0.1, 0.15) is 5.75 Å². The standard InChI is InChI=1S/C18H20F3NOS/c19-18(20,21)15-2-1-3-16(10-15)23-8-5-13-11-22-7-4-17(13)14-6-9-24-12-14/h1-3,6,9-10,12-13,17,22H,4-5,7-8,11H2. The molecule has 0 saturated carbocycles. The fourth-order valence-electron chi connectivity index (χ4n) is 3.24. The Hall–Kier alpha value is -1.53. The van der Waals surface area contributed by atoms with Crippen molar-refractivity contribution in [3.63, 3.8) is 0 Å². The molecular weight excluding hydrogens is 335 g/mol. The van der Waals surface area contributed by atoms with Crippen LogP contribution >= 0.6 is 11.3 Å². The topological polar surface area (TPSA) is 21.3 Å². The van der Waals surface area contributed by atoms with E-state index in [1.165, 1.54) is 11.6 Å². The van der Waals surface area contributed by atoms with Gasteiger partial charge in [-0.3, -0.25) is 0 Å². The highest BCUT2D eigenvalue weighted by Crippen LogP contribution is 2.34. The van der Waals surface area contributed by atoms with E-state index in [-0.39, 0.29) is 5.75 Å². The van der Waals surface area contributed by atoms with E-state index in [0.717, 1.165) is 38.1 Å². The lowest BCUT2D eigenvalue weighted by Crippen LogP contribution is -2.36. The van der Waals surface area contributed by atoms with Gasteiger partial charge in [-0.25, -0.2) is 0 Å². The van der Waals surface area contributed by atoms with Gasteiger partial charge in [-0.1, -0.05) is 6.07 Å². The van der Waals surface area contributed by atoms with Gasteiger partial charge >= 0.3 is 6.18 Å². The van der Waals surface area contributed by atoms with E-state index in [1.807, 2.05) is 0 Å². The first-order valence-corrected chi connectivity index (χ1v) is 9.01. The molecule has 6 heteroatoms. The predicted molar refractivity (Wildman–Crippen MR) is 89.6 cm³/mol. The largest absolute Gasteiger partial charge is 0.494 e. The minimum absolute atomic E-state index is 0.278. The number of nitrogens with one attached hydrogen (secondary N) is 1. The first-order valence-electron chi connectivity index (χ1n) is 8.07. The zero-order valence-corrected chi connectivity index (χ0v) is 14.0. The minimum atomic E-state index is -4.34. The summed E-state index contributed by atoms with van der Waals surface area (Å²) in [5, 5.41) is 7.69. The van der Waals surface area contributed by atoms with Crippen LogP contribution in [0.4, 0.5) is 13.2 Å². The third kappa shape index (κ3) is 4.30. The van der Waals surface area contributed by atoms with Crippen molar-refractivity contribution in [2.24, 2.45) is 5.92 Å². The van der Waals surface area contributed by atoms with Gasteiger partial charge in [-0.05, 0) is 78.4 Å². The van der Waals surface area contributed by atoms with Crippen LogP contribution in [-0.2, 0) is 6.18 Å². The van der Waals surface area contributed by atoms with Gasteiger partial charge in [0.05, 0.1) is 12.2 Å². The molecule has 0 spiro atoms. The summed E-state index contributed by atoms with van der Waals surface area (Å²) in [5.74, 6) is 1.22. The molecular formula is C18H20F3NOS. The Bertz CT molecular complexity index is 642. The number of alkyl halides is 3. The van der Waals surface area contributed by atoms with Gasteiger partial charge < -0.3 is 10.1 Å². The number of thiophene rings is 1. The van der Waals surface area contributed by atoms with Gasteiger partial charge in [0.15, 0.2) is 0 Å². The molecule has 2 unspecified atom stereocenters. The van der Waals surface area contributed by atoms with Crippen molar-refractivity contribution >= 4 is 11.3 Å². The fraction of sp³-hybridized carbons (Fsp3) is 0.444. The van der Waals surface area contributed by atoms with E-state index in [4.69, 9.17) is 4.74 Å². The van der Waals surface area contributed by atoms with Crippen molar-refractivity contribution in [3.05, 3.63) is 52.2 Å². The lowest BCUT2D eigenvalue weighted by atomic mass is 9.81. The maximum absolute atomic E-state index is 12.7. The highest BCUT2D eigenvalue weighted by atomic mass is 32.1. The molecule has 1 saturated heterocycles. The average molecular weight is 355 g/mol. The summed E-state index contributed by atoms with van der Waals surface area (Å²) in [4.78, 5) is 0. The number of ether oxygens (including phenoxy) is 1. The van der Waals surface area contributed by atoms with E-state index >= 15 is 0 Å². The first kappa shape index (κ1) is 17.3. The predicted octanol–water partition coefficient (Wildman–Crippen LogP) is 4.93. The normalized spacial score (nSPS) is 21.6. The van der Waals surface area contributed by atoms with E-state index in [0.29, 0.717) is 18.4 Å². The highest BCUT2D eigenvalue weighted by Gasteiger charge is 2.31. The Morgan fingerprint density at radius 2 is 2.12 bits per heavy atom. The monoisotopic (exact) mass is 355 g/mol. The molecule has 1 aromatic carbocycles. The first-order chi connectivity index (χ1) is 11.5. The molecule has 2 atom stereocenters. The molecule has 130 valence electrons. The second kappa shape index (κ2) is 7.57. The van der Waals surface area contributed by atoms with Crippen molar-refractivity contribution in [2.45, 2.75) is 24.9 Å². The number of benzene rings is 1. The Morgan fingerprint density at radius 3 is 2.88 bits per heavy atom. The number of piperidine rings is 1. The van der Waals surface area contributed by atoms with E-state index < -0.39 is 11.7 Å². The molecule has 2 nitrogen and oxygen atoms in total. The number of hydrogen-bond acceptors (Lipinski definition) is 3.